The predicted octanol–water partition coefficient (Wildman–Crippen LogP) is 4.79. The van der Waals surface area contributed by atoms with E-state index in [1.807, 2.05) is 16.7 Å². The Kier molecular flexibility index (Phi) is 3.75. The molecule has 2 saturated carbocycles. The molecule has 1 aromatic heterocycles. The maximum atomic E-state index is 12.9. The monoisotopic (exact) mass is 353 g/mol. The molecule has 4 rings (SSSR count). The molecular weight excluding hydrogens is 336 g/mol. The summed E-state index contributed by atoms with van der Waals surface area (Å²) in [7, 11) is 0. The summed E-state index contributed by atoms with van der Waals surface area (Å²) in [6, 6.07) is 5.75. The van der Waals surface area contributed by atoms with Gasteiger partial charge in [0.2, 0.25) is 17.8 Å². The molecule has 0 saturated heterocycles. The highest BCUT2D eigenvalue weighted by molar-refractivity contribution is 6.31. The van der Waals surface area contributed by atoms with Crippen molar-refractivity contribution in [2.24, 2.45) is 5.92 Å². The van der Waals surface area contributed by atoms with Gasteiger partial charge < -0.3 is 4.57 Å². The third-order valence-electron chi connectivity index (χ3n) is 4.99. The number of nitrogens with zero attached hydrogens (tertiary/aromatic N) is 2. The van der Waals surface area contributed by atoms with E-state index in [0.717, 1.165) is 30.3 Å². The number of carbonyl (C=O) groups excluding carboxylic acids is 1. The summed E-state index contributed by atoms with van der Waals surface area (Å²) in [6.45, 7) is 0. The van der Waals surface area contributed by atoms with Crippen LogP contribution in [0.4, 0.5) is 14.7 Å². The van der Waals surface area contributed by atoms with Gasteiger partial charge in [-0.3, -0.25) is 10.1 Å². The van der Waals surface area contributed by atoms with Crippen molar-refractivity contribution in [3.8, 4) is 0 Å². The Morgan fingerprint density at radius 2 is 2.12 bits per heavy atom. The van der Waals surface area contributed by atoms with Crippen LogP contribution in [-0.4, -0.2) is 21.4 Å². The molecule has 1 aromatic carbocycles. The van der Waals surface area contributed by atoms with Gasteiger partial charge in [0.15, 0.2) is 0 Å². The fourth-order valence-electron chi connectivity index (χ4n) is 3.54. The third-order valence-corrected chi connectivity index (χ3v) is 5.23. The predicted molar refractivity (Wildman–Crippen MR) is 88.5 cm³/mol. The Morgan fingerprint density at radius 1 is 1.38 bits per heavy atom. The van der Waals surface area contributed by atoms with Gasteiger partial charge in [0.25, 0.3) is 0 Å². The van der Waals surface area contributed by atoms with Crippen LogP contribution in [0.25, 0.3) is 11.0 Å². The van der Waals surface area contributed by atoms with E-state index in [2.05, 4.69) is 10.3 Å². The molecule has 0 spiro atoms. The third kappa shape index (κ3) is 2.88. The number of benzene rings is 1. The zero-order chi connectivity index (χ0) is 16.9. The summed E-state index contributed by atoms with van der Waals surface area (Å²) in [6.07, 6.45) is 2.94. The zero-order valence-corrected chi connectivity index (χ0v) is 13.8. The number of imidazole rings is 1. The number of halogens is 3. The smallest absolute Gasteiger partial charge is 0.248 e. The van der Waals surface area contributed by atoms with Crippen molar-refractivity contribution < 1.29 is 13.6 Å². The molecule has 2 aliphatic carbocycles. The van der Waals surface area contributed by atoms with Crippen molar-refractivity contribution >= 4 is 34.5 Å². The van der Waals surface area contributed by atoms with Crippen molar-refractivity contribution in [1.29, 1.82) is 0 Å². The Bertz CT molecular complexity index is 792. The number of carbonyl (C=O) groups is 1. The van der Waals surface area contributed by atoms with Crippen LogP contribution < -0.4 is 5.32 Å². The van der Waals surface area contributed by atoms with Gasteiger partial charge in [-0.1, -0.05) is 11.6 Å². The van der Waals surface area contributed by atoms with Crippen LogP contribution in [0, 0.1) is 5.92 Å². The highest BCUT2D eigenvalue weighted by Gasteiger charge is 2.45. The zero-order valence-electron chi connectivity index (χ0n) is 13.1. The van der Waals surface area contributed by atoms with Gasteiger partial charge in [-0.2, -0.15) is 0 Å². The van der Waals surface area contributed by atoms with Crippen LogP contribution in [0.5, 0.6) is 0 Å². The van der Waals surface area contributed by atoms with E-state index in [0.29, 0.717) is 17.0 Å². The molecular formula is C17H18ClF2N3O. The van der Waals surface area contributed by atoms with E-state index in [4.69, 9.17) is 11.6 Å². The van der Waals surface area contributed by atoms with Crippen LogP contribution in [0.3, 0.4) is 0 Å². The van der Waals surface area contributed by atoms with E-state index in [9.17, 15) is 13.6 Å². The van der Waals surface area contributed by atoms with Gasteiger partial charge in [-0.15, -0.1) is 0 Å². The number of alkyl halides is 2. The molecule has 0 radical (unpaired) electrons. The van der Waals surface area contributed by atoms with E-state index in [1.165, 1.54) is 0 Å². The van der Waals surface area contributed by atoms with E-state index in [1.54, 1.807) is 6.07 Å². The summed E-state index contributed by atoms with van der Waals surface area (Å²) in [5, 5.41) is 3.44. The molecule has 2 aliphatic rings. The normalized spacial score (nSPS) is 20.6. The van der Waals surface area contributed by atoms with Gasteiger partial charge in [0, 0.05) is 30.3 Å². The van der Waals surface area contributed by atoms with E-state index >= 15 is 0 Å². The van der Waals surface area contributed by atoms with Gasteiger partial charge in [-0.05, 0) is 43.4 Å². The average molecular weight is 354 g/mol. The maximum absolute atomic E-state index is 12.9. The first-order valence-corrected chi connectivity index (χ1v) is 8.64. The minimum Gasteiger partial charge on any atom is -0.307 e. The number of hydrogen-bond acceptors (Lipinski definition) is 2. The number of aromatic nitrogens is 2. The summed E-state index contributed by atoms with van der Waals surface area (Å²) in [5.41, 5.74) is 1.68. The largest absolute Gasteiger partial charge is 0.307 e. The molecule has 128 valence electrons. The lowest BCUT2D eigenvalue weighted by molar-refractivity contribution is -0.129. The molecule has 7 heteroatoms. The standard InChI is InChI=1S/C17H18ClF2N3O/c18-11-4-5-13-14(7-11)23(12-2-1-3-12)16(21-13)22-15(24)6-10-8-17(19,20)9-10/h4-5,7,10,12H,1-3,6,8-9H2,(H,21,22,24). The molecule has 0 unspecified atom stereocenters. The molecule has 2 aromatic rings. The first-order valence-electron chi connectivity index (χ1n) is 8.26. The molecule has 0 aliphatic heterocycles. The van der Waals surface area contributed by atoms with E-state index in [-0.39, 0.29) is 31.1 Å². The summed E-state index contributed by atoms with van der Waals surface area (Å²) >= 11 is 6.09. The second kappa shape index (κ2) is 5.69. The van der Waals surface area contributed by atoms with Crippen molar-refractivity contribution in [3.05, 3.63) is 23.2 Å². The van der Waals surface area contributed by atoms with Crippen molar-refractivity contribution in [1.82, 2.24) is 9.55 Å². The van der Waals surface area contributed by atoms with Crippen LogP contribution in [0.2, 0.25) is 5.02 Å². The number of rotatable bonds is 4. The van der Waals surface area contributed by atoms with Gasteiger partial charge in [0.05, 0.1) is 11.0 Å². The first-order chi connectivity index (χ1) is 11.4. The molecule has 1 amide bonds. The van der Waals surface area contributed by atoms with Gasteiger partial charge >= 0.3 is 0 Å². The lowest BCUT2D eigenvalue weighted by Gasteiger charge is -2.34. The molecule has 1 heterocycles. The Morgan fingerprint density at radius 3 is 2.75 bits per heavy atom. The van der Waals surface area contributed by atoms with Crippen LogP contribution in [0.1, 0.15) is 44.6 Å². The number of hydrogen-bond donors (Lipinski definition) is 1. The van der Waals surface area contributed by atoms with Crippen LogP contribution in [-0.2, 0) is 4.79 Å². The second-order valence-electron chi connectivity index (χ2n) is 6.91. The highest BCUT2D eigenvalue weighted by atomic mass is 35.5. The van der Waals surface area contributed by atoms with E-state index < -0.39 is 5.92 Å². The minimum absolute atomic E-state index is 0.115. The fourth-order valence-corrected chi connectivity index (χ4v) is 3.70. The summed E-state index contributed by atoms with van der Waals surface area (Å²) in [4.78, 5) is 16.7. The van der Waals surface area contributed by atoms with Crippen molar-refractivity contribution in [3.63, 3.8) is 0 Å². The number of amides is 1. The SMILES string of the molecule is O=C(CC1CC(F)(F)C1)Nc1nc2ccc(Cl)cc2n1C1CCC1. The first kappa shape index (κ1) is 15.8. The Hall–Kier alpha value is -1.69. The highest BCUT2D eigenvalue weighted by Crippen LogP contribution is 2.44. The second-order valence-corrected chi connectivity index (χ2v) is 7.34. The number of anilines is 1. The topological polar surface area (TPSA) is 46.9 Å². The maximum Gasteiger partial charge on any atom is 0.248 e. The summed E-state index contributed by atoms with van der Waals surface area (Å²) < 4.78 is 27.8. The van der Waals surface area contributed by atoms with Gasteiger partial charge in [0.1, 0.15) is 0 Å². The minimum atomic E-state index is -2.60. The average Bonchev–Trinajstić information content (AvgIpc) is 2.73. The Labute approximate surface area is 143 Å². The van der Waals surface area contributed by atoms with Crippen molar-refractivity contribution in [2.45, 2.75) is 50.5 Å². The molecule has 4 nitrogen and oxygen atoms in total. The Balaban J connectivity index is 1.56. The quantitative estimate of drug-likeness (QED) is 0.859. The number of nitrogens with one attached hydrogen (secondary N) is 1. The van der Waals surface area contributed by atoms with Gasteiger partial charge in [-0.25, -0.2) is 13.8 Å². The lowest BCUT2D eigenvalue weighted by atomic mass is 9.79. The molecule has 1 N–H and O–H groups in total. The summed E-state index contributed by atoms with van der Waals surface area (Å²) in [5.74, 6) is -2.60. The lowest BCUT2D eigenvalue weighted by Crippen LogP contribution is -2.37. The number of fused-ring (bicyclic) bond motifs is 1. The fraction of sp³-hybridized carbons (Fsp3) is 0.529. The molecule has 0 atom stereocenters. The molecule has 24 heavy (non-hydrogen) atoms. The van der Waals surface area contributed by atoms with Crippen LogP contribution in [0.15, 0.2) is 18.2 Å². The van der Waals surface area contributed by atoms with Crippen molar-refractivity contribution in [2.75, 3.05) is 5.32 Å². The molecule has 2 fully saturated rings. The van der Waals surface area contributed by atoms with Crippen LogP contribution >= 0.6 is 11.6 Å². The molecule has 0 bridgehead atoms.